The Morgan fingerprint density at radius 2 is 1.28 bits per heavy atom. The normalized spacial score (nSPS) is 20.8. The third-order valence-corrected chi connectivity index (χ3v) is 4.81. The number of rotatable bonds is 3. The van der Waals surface area contributed by atoms with Crippen molar-refractivity contribution in [1.82, 2.24) is 0 Å². The maximum absolute atomic E-state index is 11.2. The van der Waals surface area contributed by atoms with E-state index >= 15 is 0 Å². The second-order valence-corrected chi connectivity index (χ2v) is 7.02. The Morgan fingerprint density at radius 3 is 1.33 bits per heavy atom. The van der Waals surface area contributed by atoms with Gasteiger partial charge in [-0.05, 0) is 48.5 Å². The molecule has 1 aliphatic heterocycles. The summed E-state index contributed by atoms with van der Waals surface area (Å²) < 4.78 is 10.5. The molecule has 0 amide bonds. The summed E-state index contributed by atoms with van der Waals surface area (Å²) in [4.78, 5) is 11.2. The van der Waals surface area contributed by atoms with E-state index in [0.717, 1.165) is 0 Å². The maximum Gasteiger partial charge on any atom is 0.138 e. The molecule has 1 rings (SSSR count). The van der Waals surface area contributed by atoms with Gasteiger partial charge in [0.05, 0.1) is 22.2 Å². The first-order chi connectivity index (χ1) is 7.71. The number of methoxy groups -OCH3 is 1. The number of ether oxygens (including phenoxy) is 2. The van der Waals surface area contributed by atoms with Crippen LogP contribution in [0.5, 0.6) is 0 Å². The highest BCUT2D eigenvalue weighted by molar-refractivity contribution is 5.82. The van der Waals surface area contributed by atoms with Gasteiger partial charge in [-0.3, -0.25) is 4.79 Å². The zero-order valence-electron chi connectivity index (χ0n) is 13.7. The van der Waals surface area contributed by atoms with Crippen molar-refractivity contribution < 1.29 is 14.3 Å². The predicted molar refractivity (Wildman–Crippen MR) is 74.8 cm³/mol. The highest BCUT2D eigenvalue weighted by Gasteiger charge is 2.55. The van der Waals surface area contributed by atoms with Gasteiger partial charge in [-0.2, -0.15) is 0 Å². The Labute approximate surface area is 112 Å². The average molecular weight is 258 g/mol. The van der Waals surface area contributed by atoms with Crippen molar-refractivity contribution in [2.45, 2.75) is 79.1 Å². The van der Waals surface area contributed by atoms with E-state index in [0.29, 0.717) is 0 Å². The smallest absolute Gasteiger partial charge is 0.138 e. The number of epoxide rings is 1. The Bertz CT molecular complexity index is 300. The van der Waals surface area contributed by atoms with E-state index in [1.54, 1.807) is 14.0 Å². The minimum Gasteiger partial charge on any atom is -0.378 e. The molecule has 1 aliphatic rings. The molecule has 3 nitrogen and oxygen atoms in total. The molecule has 0 aromatic heterocycles. The molecule has 0 unspecified atom stereocenters. The number of carbonyl (C=O) groups is 1. The van der Waals surface area contributed by atoms with E-state index in [1.807, 2.05) is 27.7 Å². The summed E-state index contributed by atoms with van der Waals surface area (Å²) in [7, 11) is 1.63. The van der Waals surface area contributed by atoms with Gasteiger partial charge in [-0.25, -0.2) is 0 Å². The van der Waals surface area contributed by atoms with Crippen LogP contribution in [0.2, 0.25) is 0 Å². The molecule has 18 heavy (non-hydrogen) atoms. The zero-order chi connectivity index (χ0) is 15.0. The monoisotopic (exact) mass is 258 g/mol. The average Bonchev–Trinajstić information content (AvgIpc) is 2.62. The second kappa shape index (κ2) is 4.93. The van der Waals surface area contributed by atoms with Crippen LogP contribution < -0.4 is 0 Å². The second-order valence-electron chi connectivity index (χ2n) is 7.02. The summed E-state index contributed by atoms with van der Waals surface area (Å²) in [5, 5.41) is 0. The lowest BCUT2D eigenvalue weighted by molar-refractivity contribution is -0.141. The summed E-state index contributed by atoms with van der Waals surface area (Å²) in [5.41, 5.74) is -0.513. The minimum absolute atomic E-state index is 0.146. The standard InChI is InChI=1S/C9H18O2.C6H12O/c1-7(10)8(2,3)9(4,5)11-6;1-5(2)6(3,4)7-5/h1-6H3;1-4H3. The first-order valence-corrected chi connectivity index (χ1v) is 6.47. The van der Waals surface area contributed by atoms with Crippen molar-refractivity contribution in [3.63, 3.8) is 0 Å². The highest BCUT2D eigenvalue weighted by Crippen LogP contribution is 2.46. The summed E-state index contributed by atoms with van der Waals surface area (Å²) >= 11 is 0. The van der Waals surface area contributed by atoms with Gasteiger partial charge in [0.1, 0.15) is 5.78 Å². The third kappa shape index (κ3) is 3.55. The molecule has 1 heterocycles. The van der Waals surface area contributed by atoms with Crippen molar-refractivity contribution >= 4 is 5.78 Å². The van der Waals surface area contributed by atoms with E-state index in [1.165, 1.54) is 0 Å². The van der Waals surface area contributed by atoms with Gasteiger partial charge >= 0.3 is 0 Å². The van der Waals surface area contributed by atoms with E-state index in [4.69, 9.17) is 9.47 Å². The summed E-state index contributed by atoms with van der Waals surface area (Å²) in [6, 6.07) is 0. The minimum atomic E-state index is -0.415. The zero-order valence-corrected chi connectivity index (χ0v) is 13.7. The fraction of sp³-hybridized carbons (Fsp3) is 0.933. The highest BCUT2D eigenvalue weighted by atomic mass is 16.6. The SMILES string of the molecule is CC1(C)OC1(C)C.COC(C)(C)C(C)(C)C(C)=O. The molecule has 0 saturated carbocycles. The lowest BCUT2D eigenvalue weighted by atomic mass is 9.74. The predicted octanol–water partition coefficient (Wildman–Crippen LogP) is 3.60. The van der Waals surface area contributed by atoms with Gasteiger partial charge in [0, 0.05) is 7.11 Å². The summed E-state index contributed by atoms with van der Waals surface area (Å²) in [6.45, 7) is 17.7. The van der Waals surface area contributed by atoms with E-state index < -0.39 is 11.0 Å². The molecule has 1 saturated heterocycles. The lowest BCUT2D eigenvalue weighted by Gasteiger charge is -2.38. The number of hydrogen-bond acceptors (Lipinski definition) is 3. The Kier molecular flexibility index (Phi) is 4.82. The molecule has 0 radical (unpaired) electrons. The largest absolute Gasteiger partial charge is 0.378 e. The number of hydrogen-bond donors (Lipinski definition) is 0. The summed E-state index contributed by atoms with van der Waals surface area (Å²) in [6.07, 6.45) is 0. The molecule has 0 aliphatic carbocycles. The van der Waals surface area contributed by atoms with Gasteiger partial charge in [-0.15, -0.1) is 0 Å². The Balaban J connectivity index is 0.000000351. The van der Waals surface area contributed by atoms with Gasteiger partial charge in [0.2, 0.25) is 0 Å². The molecule has 3 heteroatoms. The van der Waals surface area contributed by atoms with Crippen LogP contribution in [-0.2, 0) is 14.3 Å². The molecule has 0 N–H and O–H groups in total. The van der Waals surface area contributed by atoms with E-state index in [2.05, 4.69) is 27.7 Å². The maximum atomic E-state index is 11.2. The number of ketones is 1. The van der Waals surface area contributed by atoms with Crippen LogP contribution in [0.1, 0.15) is 62.3 Å². The van der Waals surface area contributed by atoms with Crippen LogP contribution in [0.25, 0.3) is 0 Å². The van der Waals surface area contributed by atoms with Crippen LogP contribution in [-0.4, -0.2) is 29.7 Å². The van der Waals surface area contributed by atoms with Crippen LogP contribution in [0, 0.1) is 5.41 Å². The molecule has 0 atom stereocenters. The molecule has 1 fully saturated rings. The molecule has 0 aromatic carbocycles. The molecule has 0 spiro atoms. The molecular weight excluding hydrogens is 228 g/mol. The third-order valence-electron chi connectivity index (χ3n) is 4.81. The van der Waals surface area contributed by atoms with Gasteiger partial charge in [0.25, 0.3) is 0 Å². The van der Waals surface area contributed by atoms with Crippen molar-refractivity contribution in [1.29, 1.82) is 0 Å². The Hall–Kier alpha value is -0.410. The van der Waals surface area contributed by atoms with Crippen molar-refractivity contribution in [2.75, 3.05) is 7.11 Å². The number of carbonyl (C=O) groups excluding carboxylic acids is 1. The van der Waals surface area contributed by atoms with Crippen molar-refractivity contribution in [3.8, 4) is 0 Å². The molecule has 108 valence electrons. The fourth-order valence-electron chi connectivity index (χ4n) is 1.29. The van der Waals surface area contributed by atoms with Crippen molar-refractivity contribution in [2.24, 2.45) is 5.41 Å². The first-order valence-electron chi connectivity index (χ1n) is 6.47. The lowest BCUT2D eigenvalue weighted by Crippen LogP contribution is -2.45. The topological polar surface area (TPSA) is 38.8 Å². The fourth-order valence-corrected chi connectivity index (χ4v) is 1.29. The number of Topliss-reactive ketones (excluding diaryl/α,β-unsaturated/α-hetero) is 1. The van der Waals surface area contributed by atoms with Gasteiger partial charge < -0.3 is 9.47 Å². The Morgan fingerprint density at radius 1 is 1.00 bits per heavy atom. The quantitative estimate of drug-likeness (QED) is 0.726. The summed E-state index contributed by atoms with van der Waals surface area (Å²) in [5.74, 6) is 0.157. The van der Waals surface area contributed by atoms with Crippen molar-refractivity contribution in [3.05, 3.63) is 0 Å². The molecule has 0 bridgehead atoms. The molecular formula is C15H30O3. The van der Waals surface area contributed by atoms with Crippen LogP contribution >= 0.6 is 0 Å². The van der Waals surface area contributed by atoms with Crippen LogP contribution in [0.4, 0.5) is 0 Å². The first kappa shape index (κ1) is 17.6. The molecule has 0 aromatic rings. The van der Waals surface area contributed by atoms with Crippen LogP contribution in [0.3, 0.4) is 0 Å². The van der Waals surface area contributed by atoms with Gasteiger partial charge in [-0.1, -0.05) is 13.8 Å². The van der Waals surface area contributed by atoms with Gasteiger partial charge in [0.15, 0.2) is 0 Å². The van der Waals surface area contributed by atoms with E-state index in [-0.39, 0.29) is 17.0 Å². The van der Waals surface area contributed by atoms with Crippen LogP contribution in [0.15, 0.2) is 0 Å². The van der Waals surface area contributed by atoms with E-state index in [9.17, 15) is 4.79 Å².